The molecule has 0 radical (unpaired) electrons. The molecule has 0 aliphatic heterocycles. The van der Waals surface area contributed by atoms with Crippen LogP contribution in [0.1, 0.15) is 24.2 Å². The minimum absolute atomic E-state index is 0.184. The van der Waals surface area contributed by atoms with E-state index in [1.165, 1.54) is 0 Å². The van der Waals surface area contributed by atoms with Crippen molar-refractivity contribution in [3.8, 4) is 0 Å². The van der Waals surface area contributed by atoms with Crippen LogP contribution in [-0.2, 0) is 0 Å². The highest BCUT2D eigenvalue weighted by Gasteiger charge is 2.14. The Morgan fingerprint density at radius 1 is 1.41 bits per heavy atom. The lowest BCUT2D eigenvalue weighted by molar-refractivity contribution is 0.0953. The number of alkyl halides is 1. The second kappa shape index (κ2) is 6.62. The molecule has 0 aliphatic rings. The quantitative estimate of drug-likeness (QED) is 0.821. The summed E-state index contributed by atoms with van der Waals surface area (Å²) in [7, 11) is 0. The molecule has 1 atom stereocenters. The van der Waals surface area contributed by atoms with Crippen molar-refractivity contribution in [2.24, 2.45) is 5.92 Å². The standard InChI is InChI=1S/C12H14BrCl2NO/c1-7(2)10(13)6-16-12(17)9-4-3-8(14)5-11(9)15/h3-5,7,10H,6H2,1-2H3,(H,16,17). The van der Waals surface area contributed by atoms with Gasteiger partial charge < -0.3 is 5.32 Å². The highest BCUT2D eigenvalue weighted by molar-refractivity contribution is 9.09. The maximum absolute atomic E-state index is 11.8. The summed E-state index contributed by atoms with van der Waals surface area (Å²) in [5.41, 5.74) is 0.444. The van der Waals surface area contributed by atoms with E-state index >= 15 is 0 Å². The van der Waals surface area contributed by atoms with Gasteiger partial charge in [-0.3, -0.25) is 4.79 Å². The first kappa shape index (κ1) is 14.8. The van der Waals surface area contributed by atoms with E-state index in [1.54, 1.807) is 18.2 Å². The van der Waals surface area contributed by atoms with Crippen molar-refractivity contribution in [1.29, 1.82) is 0 Å². The Bertz CT molecular complexity index is 409. The zero-order valence-corrected chi connectivity index (χ0v) is 12.7. The van der Waals surface area contributed by atoms with Crippen molar-refractivity contribution < 1.29 is 4.79 Å². The molecule has 1 N–H and O–H groups in total. The molecule has 0 saturated carbocycles. The maximum atomic E-state index is 11.8. The highest BCUT2D eigenvalue weighted by atomic mass is 79.9. The first-order valence-electron chi connectivity index (χ1n) is 5.29. The van der Waals surface area contributed by atoms with Gasteiger partial charge in [0.1, 0.15) is 0 Å². The van der Waals surface area contributed by atoms with Gasteiger partial charge in [0.15, 0.2) is 0 Å². The van der Waals surface area contributed by atoms with Gasteiger partial charge in [-0.25, -0.2) is 0 Å². The first-order chi connectivity index (χ1) is 7.91. The average Bonchev–Trinajstić information content (AvgIpc) is 2.25. The number of hydrogen-bond donors (Lipinski definition) is 1. The number of halogens is 3. The second-order valence-corrected chi connectivity index (χ2v) is 6.11. The molecule has 0 fully saturated rings. The van der Waals surface area contributed by atoms with E-state index in [-0.39, 0.29) is 10.7 Å². The number of hydrogen-bond acceptors (Lipinski definition) is 1. The van der Waals surface area contributed by atoms with Crippen molar-refractivity contribution in [2.45, 2.75) is 18.7 Å². The third kappa shape index (κ3) is 4.49. The number of carbonyl (C=O) groups excluding carboxylic acids is 1. The molecule has 0 aromatic heterocycles. The Hall–Kier alpha value is -0.250. The minimum Gasteiger partial charge on any atom is -0.351 e. The summed E-state index contributed by atoms with van der Waals surface area (Å²) in [5.74, 6) is 0.271. The fraction of sp³-hybridized carbons (Fsp3) is 0.417. The SMILES string of the molecule is CC(C)C(Br)CNC(=O)c1ccc(Cl)cc1Cl. The third-order valence-electron chi connectivity index (χ3n) is 2.36. The minimum atomic E-state index is -0.184. The lowest BCUT2D eigenvalue weighted by Gasteiger charge is -2.14. The van der Waals surface area contributed by atoms with Crippen LogP contribution in [0.5, 0.6) is 0 Å². The van der Waals surface area contributed by atoms with Crippen LogP contribution in [0.3, 0.4) is 0 Å². The van der Waals surface area contributed by atoms with Gasteiger partial charge in [-0.1, -0.05) is 53.0 Å². The molecule has 1 amide bonds. The van der Waals surface area contributed by atoms with E-state index in [1.807, 2.05) is 0 Å². The molecule has 1 aromatic carbocycles. The lowest BCUT2D eigenvalue weighted by atomic mass is 10.1. The molecule has 0 heterocycles. The molecule has 0 spiro atoms. The summed E-state index contributed by atoms with van der Waals surface area (Å²) in [4.78, 5) is 12.1. The number of benzene rings is 1. The van der Waals surface area contributed by atoms with Crippen LogP contribution in [0, 0.1) is 5.92 Å². The molecule has 0 aliphatic carbocycles. The second-order valence-electron chi connectivity index (χ2n) is 4.09. The first-order valence-corrected chi connectivity index (χ1v) is 6.96. The van der Waals surface area contributed by atoms with Gasteiger partial charge in [0.05, 0.1) is 10.6 Å². The van der Waals surface area contributed by atoms with Gasteiger partial charge in [-0.05, 0) is 24.1 Å². The lowest BCUT2D eigenvalue weighted by Crippen LogP contribution is -2.31. The van der Waals surface area contributed by atoms with Crippen molar-refractivity contribution in [3.05, 3.63) is 33.8 Å². The van der Waals surface area contributed by atoms with Crippen LogP contribution in [0.2, 0.25) is 10.0 Å². The van der Waals surface area contributed by atoms with Crippen LogP contribution in [0.25, 0.3) is 0 Å². The summed E-state index contributed by atoms with van der Waals surface area (Å²) in [6.45, 7) is 4.73. The Morgan fingerprint density at radius 3 is 2.59 bits per heavy atom. The molecule has 94 valence electrons. The molecule has 1 aromatic rings. The van der Waals surface area contributed by atoms with Crippen molar-refractivity contribution in [1.82, 2.24) is 5.32 Å². The van der Waals surface area contributed by atoms with Gasteiger partial charge in [0.2, 0.25) is 0 Å². The molecule has 5 heteroatoms. The fourth-order valence-corrected chi connectivity index (χ4v) is 1.85. The van der Waals surface area contributed by atoms with Crippen LogP contribution in [0.15, 0.2) is 18.2 Å². The Balaban J connectivity index is 2.64. The van der Waals surface area contributed by atoms with Crippen LogP contribution < -0.4 is 5.32 Å². The molecule has 0 saturated heterocycles. The summed E-state index contributed by atoms with van der Waals surface area (Å²) in [5, 5.41) is 3.71. The summed E-state index contributed by atoms with van der Waals surface area (Å²) < 4.78 is 0. The van der Waals surface area contributed by atoms with Gasteiger partial charge in [-0.2, -0.15) is 0 Å². The predicted octanol–water partition coefficient (Wildman–Crippen LogP) is 4.14. The summed E-state index contributed by atoms with van der Waals surface area (Å²) in [6.07, 6.45) is 0. The predicted molar refractivity (Wildman–Crippen MR) is 76.3 cm³/mol. The van der Waals surface area contributed by atoms with Crippen LogP contribution in [0.4, 0.5) is 0 Å². The third-order valence-corrected chi connectivity index (χ3v) is 4.29. The van der Waals surface area contributed by atoms with E-state index in [0.717, 1.165) is 0 Å². The Labute approximate surface area is 120 Å². The zero-order chi connectivity index (χ0) is 13.0. The van der Waals surface area contributed by atoms with E-state index in [2.05, 4.69) is 35.1 Å². The van der Waals surface area contributed by atoms with E-state index in [9.17, 15) is 4.79 Å². The molecule has 1 unspecified atom stereocenters. The van der Waals surface area contributed by atoms with Crippen LogP contribution >= 0.6 is 39.1 Å². The molecule has 2 nitrogen and oxygen atoms in total. The molecule has 17 heavy (non-hydrogen) atoms. The number of rotatable bonds is 4. The number of carbonyl (C=O) groups is 1. The smallest absolute Gasteiger partial charge is 0.252 e. The van der Waals surface area contributed by atoms with Crippen molar-refractivity contribution in [3.63, 3.8) is 0 Å². The molecule has 0 bridgehead atoms. The highest BCUT2D eigenvalue weighted by Crippen LogP contribution is 2.21. The van der Waals surface area contributed by atoms with E-state index in [0.29, 0.717) is 28.1 Å². The summed E-state index contributed by atoms with van der Waals surface area (Å²) in [6, 6.07) is 4.83. The Morgan fingerprint density at radius 2 is 2.06 bits per heavy atom. The summed E-state index contributed by atoms with van der Waals surface area (Å²) >= 11 is 15.2. The zero-order valence-electron chi connectivity index (χ0n) is 9.64. The largest absolute Gasteiger partial charge is 0.351 e. The van der Waals surface area contributed by atoms with Gasteiger partial charge in [0, 0.05) is 16.4 Å². The Kier molecular flexibility index (Phi) is 5.77. The van der Waals surface area contributed by atoms with Gasteiger partial charge in [-0.15, -0.1) is 0 Å². The molecule has 1 rings (SSSR count). The number of nitrogens with one attached hydrogen (secondary N) is 1. The van der Waals surface area contributed by atoms with E-state index in [4.69, 9.17) is 23.2 Å². The molecular formula is C12H14BrCl2NO. The maximum Gasteiger partial charge on any atom is 0.252 e. The van der Waals surface area contributed by atoms with E-state index < -0.39 is 0 Å². The topological polar surface area (TPSA) is 29.1 Å². The van der Waals surface area contributed by atoms with Gasteiger partial charge in [0.25, 0.3) is 5.91 Å². The van der Waals surface area contributed by atoms with Gasteiger partial charge >= 0.3 is 0 Å². The monoisotopic (exact) mass is 337 g/mol. The normalized spacial score (nSPS) is 12.6. The fourth-order valence-electron chi connectivity index (χ4n) is 1.19. The molecular weight excluding hydrogens is 325 g/mol. The number of amides is 1. The van der Waals surface area contributed by atoms with Crippen LogP contribution in [-0.4, -0.2) is 17.3 Å². The van der Waals surface area contributed by atoms with Crippen molar-refractivity contribution in [2.75, 3.05) is 6.54 Å². The van der Waals surface area contributed by atoms with Crippen molar-refractivity contribution >= 4 is 45.0 Å². The average molecular weight is 339 g/mol.